The molecule has 1 aromatic carbocycles. The van der Waals surface area contributed by atoms with Crippen LogP contribution >= 0.6 is 0 Å². The smallest absolute Gasteiger partial charge is 0.360 e. The van der Waals surface area contributed by atoms with Crippen molar-refractivity contribution in [3.63, 3.8) is 0 Å². The highest BCUT2D eigenvalue weighted by atomic mass is 16.5. The first-order valence-corrected chi connectivity index (χ1v) is 8.87. The largest absolute Gasteiger partial charge is 0.494 e. The summed E-state index contributed by atoms with van der Waals surface area (Å²) in [5.41, 5.74) is 0.689. The molecule has 28 heavy (non-hydrogen) atoms. The van der Waals surface area contributed by atoms with Gasteiger partial charge >= 0.3 is 12.0 Å². The maximum absolute atomic E-state index is 12.7. The number of methoxy groups -OCH3 is 2. The van der Waals surface area contributed by atoms with Crippen molar-refractivity contribution >= 4 is 17.7 Å². The Morgan fingerprint density at radius 2 is 1.96 bits per heavy atom. The zero-order valence-electron chi connectivity index (χ0n) is 16.3. The number of hydrogen-bond donors (Lipinski definition) is 1. The van der Waals surface area contributed by atoms with Crippen LogP contribution in [0, 0.1) is 0 Å². The van der Waals surface area contributed by atoms with Crippen molar-refractivity contribution in [1.82, 2.24) is 9.88 Å². The Morgan fingerprint density at radius 1 is 1.21 bits per heavy atom. The molecular formula is C19H25N3O6. The Kier molecular flexibility index (Phi) is 8.29. The summed E-state index contributed by atoms with van der Waals surface area (Å²) in [4.78, 5) is 29.8. The van der Waals surface area contributed by atoms with E-state index >= 15 is 0 Å². The lowest BCUT2D eigenvalue weighted by molar-refractivity contribution is 0.0594. The Morgan fingerprint density at radius 3 is 2.61 bits per heavy atom. The van der Waals surface area contributed by atoms with Gasteiger partial charge in [-0.2, -0.15) is 0 Å². The van der Waals surface area contributed by atoms with E-state index in [4.69, 9.17) is 13.9 Å². The number of oxazole rings is 1. The van der Waals surface area contributed by atoms with Gasteiger partial charge in [0.05, 0.1) is 20.3 Å². The van der Waals surface area contributed by atoms with Gasteiger partial charge in [-0.05, 0) is 37.6 Å². The highest BCUT2D eigenvalue weighted by molar-refractivity contribution is 5.89. The van der Waals surface area contributed by atoms with Crippen LogP contribution in [0.25, 0.3) is 0 Å². The number of carbonyl (C=O) groups excluding carboxylic acids is 2. The summed E-state index contributed by atoms with van der Waals surface area (Å²) in [6.45, 7) is 3.51. The van der Waals surface area contributed by atoms with Gasteiger partial charge in [0.15, 0.2) is 5.69 Å². The summed E-state index contributed by atoms with van der Waals surface area (Å²) >= 11 is 0. The molecule has 0 fully saturated rings. The third kappa shape index (κ3) is 6.27. The summed E-state index contributed by atoms with van der Waals surface area (Å²) in [5, 5.41) is 2.83. The summed E-state index contributed by atoms with van der Waals surface area (Å²) in [6, 6.07) is 6.77. The first kappa shape index (κ1) is 21.2. The van der Waals surface area contributed by atoms with Crippen LogP contribution in [0.2, 0.25) is 0 Å². The maximum atomic E-state index is 12.7. The van der Waals surface area contributed by atoms with Crippen molar-refractivity contribution in [2.75, 3.05) is 39.3 Å². The summed E-state index contributed by atoms with van der Waals surface area (Å²) < 4.78 is 20.3. The van der Waals surface area contributed by atoms with Crippen molar-refractivity contribution in [1.29, 1.82) is 0 Å². The summed E-state index contributed by atoms with van der Waals surface area (Å²) in [7, 11) is 2.86. The second kappa shape index (κ2) is 10.9. The lowest BCUT2D eigenvalue weighted by Gasteiger charge is -2.21. The van der Waals surface area contributed by atoms with E-state index in [0.29, 0.717) is 31.9 Å². The van der Waals surface area contributed by atoms with Gasteiger partial charge < -0.3 is 28.8 Å². The fourth-order valence-corrected chi connectivity index (χ4v) is 2.40. The number of rotatable bonds is 10. The van der Waals surface area contributed by atoms with E-state index in [1.165, 1.54) is 18.3 Å². The summed E-state index contributed by atoms with van der Waals surface area (Å²) in [6.07, 6.45) is 1.84. The minimum Gasteiger partial charge on any atom is -0.494 e. The van der Waals surface area contributed by atoms with Crippen molar-refractivity contribution in [2.24, 2.45) is 0 Å². The quantitative estimate of drug-likeness (QED) is 0.490. The topological polar surface area (TPSA) is 103 Å². The SMILES string of the molecule is CCOc1ccc(NC(=O)N(CCCOC)Cc2nc(C(=O)OC)co2)cc1. The van der Waals surface area contributed by atoms with Crippen LogP contribution in [0.3, 0.4) is 0 Å². The van der Waals surface area contributed by atoms with Gasteiger partial charge in [-0.3, -0.25) is 0 Å². The first-order valence-electron chi connectivity index (χ1n) is 8.87. The predicted octanol–water partition coefficient (Wildman–Crippen LogP) is 2.93. The van der Waals surface area contributed by atoms with Gasteiger partial charge in [0.1, 0.15) is 12.0 Å². The molecule has 1 heterocycles. The third-order valence-corrected chi connectivity index (χ3v) is 3.75. The zero-order valence-corrected chi connectivity index (χ0v) is 16.3. The molecule has 0 bridgehead atoms. The monoisotopic (exact) mass is 391 g/mol. The van der Waals surface area contributed by atoms with Crippen LogP contribution in [0.15, 0.2) is 34.9 Å². The number of carbonyl (C=O) groups is 2. The molecule has 9 nitrogen and oxygen atoms in total. The molecule has 0 atom stereocenters. The molecule has 0 aliphatic carbocycles. The van der Waals surface area contributed by atoms with Crippen LogP contribution in [0.1, 0.15) is 29.7 Å². The number of anilines is 1. The minimum atomic E-state index is -0.597. The Hall–Kier alpha value is -3.07. The molecule has 0 radical (unpaired) electrons. The Bertz CT molecular complexity index is 759. The normalized spacial score (nSPS) is 10.4. The molecule has 152 valence electrons. The van der Waals surface area contributed by atoms with Gasteiger partial charge in [-0.1, -0.05) is 0 Å². The second-order valence-electron chi connectivity index (χ2n) is 5.77. The highest BCUT2D eigenvalue weighted by Crippen LogP contribution is 2.17. The Labute approximate surface area is 163 Å². The summed E-state index contributed by atoms with van der Waals surface area (Å²) in [5.74, 6) is 0.368. The van der Waals surface area contributed by atoms with Crippen LogP contribution in [-0.2, 0) is 16.0 Å². The molecule has 1 aromatic heterocycles. The molecule has 0 saturated carbocycles. The molecule has 2 amide bonds. The number of amides is 2. The molecule has 9 heteroatoms. The lowest BCUT2D eigenvalue weighted by atomic mass is 10.3. The minimum absolute atomic E-state index is 0.0567. The molecule has 0 saturated heterocycles. The average Bonchev–Trinajstić information content (AvgIpc) is 3.17. The van der Waals surface area contributed by atoms with E-state index in [1.807, 2.05) is 6.92 Å². The van der Waals surface area contributed by atoms with E-state index in [-0.39, 0.29) is 24.2 Å². The Balaban J connectivity index is 2.04. The van der Waals surface area contributed by atoms with Crippen LogP contribution in [-0.4, -0.2) is 55.9 Å². The molecule has 2 rings (SSSR count). The van der Waals surface area contributed by atoms with E-state index in [1.54, 1.807) is 31.4 Å². The fourth-order valence-electron chi connectivity index (χ4n) is 2.40. The fraction of sp³-hybridized carbons (Fsp3) is 0.421. The number of benzene rings is 1. The van der Waals surface area contributed by atoms with Crippen molar-refractivity contribution in [3.8, 4) is 5.75 Å². The average molecular weight is 391 g/mol. The van der Waals surface area contributed by atoms with E-state index in [9.17, 15) is 9.59 Å². The molecule has 1 N–H and O–H groups in total. The lowest BCUT2D eigenvalue weighted by Crippen LogP contribution is -2.35. The second-order valence-corrected chi connectivity index (χ2v) is 5.77. The molecule has 0 unspecified atom stereocenters. The number of esters is 1. The van der Waals surface area contributed by atoms with E-state index in [0.717, 1.165) is 5.75 Å². The van der Waals surface area contributed by atoms with E-state index in [2.05, 4.69) is 15.0 Å². The number of nitrogens with zero attached hydrogens (tertiary/aromatic N) is 2. The number of aromatic nitrogens is 1. The van der Waals surface area contributed by atoms with Gasteiger partial charge in [0.2, 0.25) is 5.89 Å². The van der Waals surface area contributed by atoms with Gasteiger partial charge in [-0.15, -0.1) is 0 Å². The van der Waals surface area contributed by atoms with Crippen molar-refractivity contribution in [3.05, 3.63) is 42.1 Å². The third-order valence-electron chi connectivity index (χ3n) is 3.75. The zero-order chi connectivity index (χ0) is 20.4. The van der Waals surface area contributed by atoms with Crippen molar-refractivity contribution < 1.29 is 28.2 Å². The molecular weight excluding hydrogens is 366 g/mol. The highest BCUT2D eigenvalue weighted by Gasteiger charge is 2.19. The molecule has 0 aliphatic heterocycles. The van der Waals surface area contributed by atoms with Gasteiger partial charge in [-0.25, -0.2) is 14.6 Å². The number of urea groups is 1. The van der Waals surface area contributed by atoms with Crippen molar-refractivity contribution in [2.45, 2.75) is 19.9 Å². The standard InChI is InChI=1S/C19H25N3O6/c1-4-27-15-8-6-14(7-9-15)20-19(24)22(10-5-11-25-2)12-17-21-16(13-28-17)18(23)26-3/h6-9,13H,4-5,10-12H2,1-3H3,(H,20,24). The number of nitrogens with one attached hydrogen (secondary N) is 1. The predicted molar refractivity (Wildman–Crippen MR) is 101 cm³/mol. The van der Waals surface area contributed by atoms with Crippen LogP contribution < -0.4 is 10.1 Å². The maximum Gasteiger partial charge on any atom is 0.360 e. The number of hydrogen-bond acceptors (Lipinski definition) is 7. The molecule has 2 aromatic rings. The molecule has 0 aliphatic rings. The van der Waals surface area contributed by atoms with Gasteiger partial charge in [0, 0.05) is 25.9 Å². The number of ether oxygens (including phenoxy) is 3. The van der Waals surface area contributed by atoms with E-state index < -0.39 is 5.97 Å². The molecule has 0 spiro atoms. The van der Waals surface area contributed by atoms with Crippen LogP contribution in [0.4, 0.5) is 10.5 Å². The van der Waals surface area contributed by atoms with Crippen LogP contribution in [0.5, 0.6) is 5.75 Å². The van der Waals surface area contributed by atoms with Gasteiger partial charge in [0.25, 0.3) is 0 Å². The first-order chi connectivity index (χ1) is 13.6.